The number of aromatic nitrogens is 2. The molecule has 0 unspecified atom stereocenters. The molecule has 0 saturated heterocycles. The van der Waals surface area contributed by atoms with Crippen molar-refractivity contribution < 1.29 is 9.13 Å². The van der Waals surface area contributed by atoms with Gasteiger partial charge in [0.05, 0.1) is 15.6 Å². The summed E-state index contributed by atoms with van der Waals surface area (Å²) in [6.07, 6.45) is 1.85. The largest absolute Gasteiger partial charge is 0.488 e. The summed E-state index contributed by atoms with van der Waals surface area (Å²) in [5.74, 6) is 0.390. The zero-order chi connectivity index (χ0) is 20.7. The monoisotopic (exact) mass is 416 g/mol. The number of nitrogens with zero attached hydrogens (tertiary/aromatic N) is 2. The number of halogens is 1. The Labute approximate surface area is 175 Å². The van der Waals surface area contributed by atoms with Crippen LogP contribution in [0.5, 0.6) is 5.75 Å². The number of hydrogen-bond acceptors (Lipinski definition) is 4. The first-order valence-electron chi connectivity index (χ1n) is 9.48. The fourth-order valence-electron chi connectivity index (χ4n) is 3.41. The molecule has 2 heterocycles. The minimum absolute atomic E-state index is 0.0882. The molecule has 6 heteroatoms. The van der Waals surface area contributed by atoms with Gasteiger partial charge in [0.1, 0.15) is 18.2 Å². The highest BCUT2D eigenvalue weighted by Gasteiger charge is 2.11. The number of imidazole rings is 1. The maximum absolute atomic E-state index is 13.1. The number of rotatable bonds is 4. The number of ether oxygens (including phenoxy) is 1. The van der Waals surface area contributed by atoms with Crippen molar-refractivity contribution in [3.63, 3.8) is 0 Å². The van der Waals surface area contributed by atoms with E-state index in [4.69, 9.17) is 4.74 Å². The zero-order valence-electron chi connectivity index (χ0n) is 16.1. The van der Waals surface area contributed by atoms with Gasteiger partial charge in [0.2, 0.25) is 0 Å². The molecule has 0 fully saturated rings. The van der Waals surface area contributed by atoms with Crippen LogP contribution in [0, 0.1) is 12.7 Å². The second kappa shape index (κ2) is 7.39. The number of benzene rings is 3. The maximum atomic E-state index is 13.1. The lowest BCUT2D eigenvalue weighted by atomic mass is 10.1. The van der Waals surface area contributed by atoms with Crippen LogP contribution in [0.25, 0.3) is 22.1 Å². The molecule has 0 saturated carbocycles. The fourth-order valence-corrected chi connectivity index (χ4v) is 4.38. The Morgan fingerprint density at radius 1 is 1.10 bits per heavy atom. The van der Waals surface area contributed by atoms with Crippen molar-refractivity contribution in [1.82, 2.24) is 9.38 Å². The van der Waals surface area contributed by atoms with Gasteiger partial charge >= 0.3 is 0 Å². The molecule has 5 rings (SSSR count). The van der Waals surface area contributed by atoms with Crippen molar-refractivity contribution in [2.75, 3.05) is 0 Å². The minimum Gasteiger partial charge on any atom is -0.488 e. The van der Waals surface area contributed by atoms with E-state index >= 15 is 0 Å². The van der Waals surface area contributed by atoms with Crippen LogP contribution in [0.4, 0.5) is 4.39 Å². The Balaban J connectivity index is 1.56. The Morgan fingerprint density at radius 2 is 1.90 bits per heavy atom. The Bertz CT molecular complexity index is 1490. The van der Waals surface area contributed by atoms with Gasteiger partial charge in [-0.2, -0.15) is 0 Å². The average Bonchev–Trinajstić information content (AvgIpc) is 3.25. The molecule has 0 N–H and O–H groups in total. The molecule has 4 nitrogen and oxygen atoms in total. The minimum atomic E-state index is -0.277. The van der Waals surface area contributed by atoms with Gasteiger partial charge in [-0.05, 0) is 55.0 Å². The third kappa shape index (κ3) is 3.35. The van der Waals surface area contributed by atoms with Gasteiger partial charge < -0.3 is 4.74 Å². The Kier molecular flexibility index (Phi) is 4.56. The highest BCUT2D eigenvalue weighted by atomic mass is 32.1. The molecule has 0 bridgehead atoms. The summed E-state index contributed by atoms with van der Waals surface area (Å²) < 4.78 is 21.3. The lowest BCUT2D eigenvalue weighted by Crippen LogP contribution is -2.22. The molecule has 0 aliphatic carbocycles. The van der Waals surface area contributed by atoms with E-state index in [1.807, 2.05) is 55.5 Å². The molecule has 0 atom stereocenters. The molecule has 148 valence electrons. The Morgan fingerprint density at radius 3 is 2.73 bits per heavy atom. The standard InChI is InChI=1S/C24H17FN2O2S/c1-15-6-11-21(29-14-16-7-9-18(25)10-8-16)17(12-15)13-22-23(28)27-20-5-3-2-4-19(20)26-24(27)30-22/h2-13H,14H2,1H3/b22-13-. The van der Waals surface area contributed by atoms with E-state index in [-0.39, 0.29) is 11.4 Å². The lowest BCUT2D eigenvalue weighted by molar-refractivity contribution is 0.305. The van der Waals surface area contributed by atoms with Crippen LogP contribution in [-0.4, -0.2) is 9.38 Å². The topological polar surface area (TPSA) is 43.6 Å². The van der Waals surface area contributed by atoms with Crippen LogP contribution in [-0.2, 0) is 6.61 Å². The molecule has 0 spiro atoms. The molecule has 0 amide bonds. The summed E-state index contributed by atoms with van der Waals surface area (Å²) in [6.45, 7) is 2.31. The molecule has 5 aromatic rings. The van der Waals surface area contributed by atoms with E-state index in [2.05, 4.69) is 4.98 Å². The smallest absolute Gasteiger partial charge is 0.274 e. The molecule has 3 aromatic carbocycles. The van der Waals surface area contributed by atoms with Crippen LogP contribution in [0.3, 0.4) is 0 Å². The van der Waals surface area contributed by atoms with Gasteiger partial charge in [-0.1, -0.05) is 47.2 Å². The highest BCUT2D eigenvalue weighted by Crippen LogP contribution is 2.23. The third-order valence-corrected chi connectivity index (χ3v) is 5.87. The molecular formula is C24H17FN2O2S. The molecular weight excluding hydrogens is 399 g/mol. The first kappa shape index (κ1) is 18.5. The molecule has 0 radical (unpaired) electrons. The summed E-state index contributed by atoms with van der Waals surface area (Å²) in [6, 6.07) is 19.7. The summed E-state index contributed by atoms with van der Waals surface area (Å²) in [7, 11) is 0. The van der Waals surface area contributed by atoms with E-state index in [0.717, 1.165) is 27.7 Å². The first-order valence-corrected chi connectivity index (χ1v) is 10.3. The van der Waals surface area contributed by atoms with Crippen LogP contribution < -0.4 is 14.8 Å². The van der Waals surface area contributed by atoms with Gasteiger partial charge in [0, 0.05) is 5.56 Å². The van der Waals surface area contributed by atoms with Crippen LogP contribution in [0.2, 0.25) is 0 Å². The number of aryl methyl sites for hydroxylation is 1. The van der Waals surface area contributed by atoms with E-state index in [0.29, 0.717) is 21.8 Å². The molecule has 2 aromatic heterocycles. The third-order valence-electron chi connectivity index (χ3n) is 4.90. The fraction of sp³-hybridized carbons (Fsp3) is 0.0833. The summed E-state index contributed by atoms with van der Waals surface area (Å²) in [4.78, 5) is 18.3. The molecule has 30 heavy (non-hydrogen) atoms. The predicted molar refractivity (Wildman–Crippen MR) is 118 cm³/mol. The summed E-state index contributed by atoms with van der Waals surface area (Å²) in [5, 5.41) is 0. The zero-order valence-corrected chi connectivity index (χ0v) is 16.9. The van der Waals surface area contributed by atoms with E-state index in [1.165, 1.54) is 23.5 Å². The van der Waals surface area contributed by atoms with Gasteiger partial charge in [0.25, 0.3) is 5.56 Å². The molecule has 0 aliphatic heterocycles. The average molecular weight is 416 g/mol. The van der Waals surface area contributed by atoms with E-state index in [9.17, 15) is 9.18 Å². The van der Waals surface area contributed by atoms with Crippen LogP contribution >= 0.6 is 11.3 Å². The van der Waals surface area contributed by atoms with Crippen molar-refractivity contribution in [2.45, 2.75) is 13.5 Å². The van der Waals surface area contributed by atoms with Crippen LogP contribution in [0.1, 0.15) is 16.7 Å². The summed E-state index contributed by atoms with van der Waals surface area (Å²) in [5.41, 5.74) is 4.29. The second-order valence-electron chi connectivity index (χ2n) is 7.09. The van der Waals surface area contributed by atoms with Gasteiger partial charge in [-0.25, -0.2) is 13.8 Å². The van der Waals surface area contributed by atoms with Crippen molar-refractivity contribution >= 4 is 33.4 Å². The first-order chi connectivity index (χ1) is 14.6. The van der Waals surface area contributed by atoms with Gasteiger partial charge in [0.15, 0.2) is 4.96 Å². The van der Waals surface area contributed by atoms with Crippen molar-refractivity contribution in [1.29, 1.82) is 0 Å². The number of para-hydroxylation sites is 2. The normalized spacial score (nSPS) is 12.1. The highest BCUT2D eigenvalue weighted by molar-refractivity contribution is 7.15. The quantitative estimate of drug-likeness (QED) is 0.434. The molecule has 0 aliphatic rings. The number of hydrogen-bond donors (Lipinski definition) is 0. The second-order valence-corrected chi connectivity index (χ2v) is 8.10. The van der Waals surface area contributed by atoms with Crippen LogP contribution in [0.15, 0.2) is 71.5 Å². The maximum Gasteiger partial charge on any atom is 0.274 e. The lowest BCUT2D eigenvalue weighted by Gasteiger charge is -2.10. The van der Waals surface area contributed by atoms with Crippen molar-refractivity contribution in [3.8, 4) is 5.75 Å². The van der Waals surface area contributed by atoms with E-state index < -0.39 is 0 Å². The van der Waals surface area contributed by atoms with Gasteiger partial charge in [-0.15, -0.1) is 0 Å². The Hall–Kier alpha value is -3.51. The predicted octanol–water partition coefficient (Wildman–Crippen LogP) is 4.48. The number of fused-ring (bicyclic) bond motifs is 3. The van der Waals surface area contributed by atoms with E-state index in [1.54, 1.807) is 16.5 Å². The SMILES string of the molecule is Cc1ccc(OCc2ccc(F)cc2)c(/C=c2\sc3nc4ccccc4n3c2=O)c1. The van der Waals surface area contributed by atoms with Gasteiger partial charge in [-0.3, -0.25) is 4.79 Å². The van der Waals surface area contributed by atoms with Crippen molar-refractivity contribution in [2.24, 2.45) is 0 Å². The summed E-state index contributed by atoms with van der Waals surface area (Å²) >= 11 is 1.36. The number of thiazole rings is 1. The van der Waals surface area contributed by atoms with Crippen molar-refractivity contribution in [3.05, 3.63) is 104 Å².